The van der Waals surface area contributed by atoms with Crippen molar-refractivity contribution in [3.05, 3.63) is 75.8 Å². The Kier molecular flexibility index (Phi) is 4.99. The fraction of sp³-hybridized carbons (Fsp3) is 0.167. The lowest BCUT2D eigenvalue weighted by Crippen LogP contribution is -2.20. The number of rotatable bonds is 3. The monoisotopic (exact) mass is 418 g/mol. The van der Waals surface area contributed by atoms with E-state index in [1.165, 1.54) is 22.9 Å². The zero-order valence-corrected chi connectivity index (χ0v) is 15.9. The fourth-order valence-corrected chi connectivity index (χ4v) is 3.91. The van der Waals surface area contributed by atoms with E-state index in [4.69, 9.17) is 34.8 Å². The van der Waals surface area contributed by atoms with Gasteiger partial charge in [0.2, 0.25) is 0 Å². The molecule has 0 spiro atoms. The predicted molar refractivity (Wildman–Crippen MR) is 97.2 cm³/mol. The first-order valence-electron chi connectivity index (χ1n) is 7.45. The summed E-state index contributed by atoms with van der Waals surface area (Å²) in [6.07, 6.45) is 0. The number of aromatic nitrogens is 2. The summed E-state index contributed by atoms with van der Waals surface area (Å²) in [5.41, 5.74) is 1.51. The van der Waals surface area contributed by atoms with Crippen LogP contribution >= 0.6 is 34.8 Å². The van der Waals surface area contributed by atoms with Gasteiger partial charge in [-0.3, -0.25) is 4.68 Å². The second kappa shape index (κ2) is 6.80. The molecule has 2 aromatic carbocycles. The molecule has 1 aromatic heterocycles. The Balaban J connectivity index is 2.28. The van der Waals surface area contributed by atoms with Crippen LogP contribution in [-0.4, -0.2) is 9.78 Å². The van der Waals surface area contributed by atoms with Crippen LogP contribution < -0.4 is 0 Å². The zero-order chi connectivity index (χ0) is 19.2. The van der Waals surface area contributed by atoms with Crippen molar-refractivity contribution in [2.24, 2.45) is 7.05 Å². The van der Waals surface area contributed by atoms with Crippen molar-refractivity contribution in [2.45, 2.75) is 11.3 Å². The lowest BCUT2D eigenvalue weighted by molar-refractivity contribution is 0.567. The largest absolute Gasteiger partial charge is 0.268 e. The van der Waals surface area contributed by atoms with E-state index in [-0.39, 0.29) is 16.3 Å². The Labute approximate surface area is 163 Å². The van der Waals surface area contributed by atoms with Gasteiger partial charge in [0.25, 0.3) is 0 Å². The molecule has 0 atom stereocenters. The van der Waals surface area contributed by atoms with Gasteiger partial charge in [-0.25, -0.2) is 13.2 Å². The van der Waals surface area contributed by atoms with E-state index in [2.05, 4.69) is 5.10 Å². The van der Waals surface area contributed by atoms with Crippen LogP contribution in [0.5, 0.6) is 0 Å². The molecule has 26 heavy (non-hydrogen) atoms. The Bertz CT molecular complexity index is 1000. The zero-order valence-electron chi connectivity index (χ0n) is 13.6. The molecule has 0 radical (unpaired) electrons. The number of aryl methyl sites for hydroxylation is 2. The van der Waals surface area contributed by atoms with E-state index in [0.717, 1.165) is 12.1 Å². The topological polar surface area (TPSA) is 17.8 Å². The second-order valence-corrected chi connectivity index (χ2v) is 7.49. The molecule has 1 heterocycles. The fourth-order valence-electron chi connectivity index (χ4n) is 2.90. The maximum absolute atomic E-state index is 14.3. The quantitative estimate of drug-likeness (QED) is 0.466. The first-order chi connectivity index (χ1) is 12.1. The van der Waals surface area contributed by atoms with Crippen molar-refractivity contribution >= 4 is 34.8 Å². The lowest BCUT2D eigenvalue weighted by atomic mass is 9.98. The van der Waals surface area contributed by atoms with Crippen LogP contribution in [0.2, 0.25) is 5.02 Å². The Morgan fingerprint density at radius 3 is 2.23 bits per heavy atom. The van der Waals surface area contributed by atoms with Crippen molar-refractivity contribution < 1.29 is 13.2 Å². The molecular weight excluding hydrogens is 408 g/mol. The van der Waals surface area contributed by atoms with Crippen molar-refractivity contribution in [1.82, 2.24) is 9.78 Å². The van der Waals surface area contributed by atoms with Crippen LogP contribution in [0.1, 0.15) is 17.0 Å². The summed E-state index contributed by atoms with van der Waals surface area (Å²) < 4.78 is 40.5. The smallest absolute Gasteiger partial charge is 0.187 e. The van der Waals surface area contributed by atoms with Gasteiger partial charge in [0.1, 0.15) is 17.5 Å². The number of hydrogen-bond acceptors (Lipinski definition) is 1. The molecule has 0 aliphatic rings. The van der Waals surface area contributed by atoms with Gasteiger partial charge in [-0.1, -0.05) is 34.8 Å². The molecular formula is C18H12Cl3F3N2. The van der Waals surface area contributed by atoms with Gasteiger partial charge in [0, 0.05) is 29.8 Å². The molecule has 136 valence electrons. The van der Waals surface area contributed by atoms with E-state index >= 15 is 0 Å². The van der Waals surface area contributed by atoms with Gasteiger partial charge >= 0.3 is 0 Å². The molecule has 0 saturated carbocycles. The van der Waals surface area contributed by atoms with Crippen molar-refractivity contribution in [2.75, 3.05) is 0 Å². The summed E-state index contributed by atoms with van der Waals surface area (Å²) in [4.78, 5) is 0. The average Bonchev–Trinajstić information content (AvgIpc) is 2.82. The summed E-state index contributed by atoms with van der Waals surface area (Å²) in [6, 6.07) is 6.78. The summed E-state index contributed by atoms with van der Waals surface area (Å²) in [5, 5.41) is 4.42. The van der Waals surface area contributed by atoms with Gasteiger partial charge in [-0.15, -0.1) is 0 Å². The maximum Gasteiger partial charge on any atom is 0.187 e. The van der Waals surface area contributed by atoms with E-state index in [9.17, 15) is 13.2 Å². The van der Waals surface area contributed by atoms with Crippen molar-refractivity contribution in [3.63, 3.8) is 0 Å². The molecule has 0 bridgehead atoms. The molecule has 0 amide bonds. The first-order valence-corrected chi connectivity index (χ1v) is 8.59. The molecule has 2 nitrogen and oxygen atoms in total. The maximum atomic E-state index is 14.3. The number of halogens is 6. The van der Waals surface area contributed by atoms with E-state index in [1.807, 2.05) is 0 Å². The molecule has 3 rings (SSSR count). The van der Waals surface area contributed by atoms with E-state index in [0.29, 0.717) is 22.9 Å². The molecule has 0 fully saturated rings. The molecule has 0 saturated heterocycles. The highest BCUT2D eigenvalue weighted by Gasteiger charge is 2.39. The molecule has 0 aliphatic heterocycles. The highest BCUT2D eigenvalue weighted by atomic mass is 35.5. The molecule has 3 aromatic rings. The SMILES string of the molecule is Cc1nn(C)c(C(Cl)(Cl)c2ccc(F)cc2F)c1-c1ccc(F)cc1Cl. The minimum atomic E-state index is -1.89. The molecule has 0 aliphatic carbocycles. The van der Waals surface area contributed by atoms with E-state index in [1.54, 1.807) is 14.0 Å². The average molecular weight is 420 g/mol. The van der Waals surface area contributed by atoms with Crippen LogP contribution in [0.3, 0.4) is 0 Å². The molecule has 0 N–H and O–H groups in total. The summed E-state index contributed by atoms with van der Waals surface area (Å²) in [7, 11) is 1.59. The highest BCUT2D eigenvalue weighted by molar-refractivity contribution is 6.50. The van der Waals surface area contributed by atoms with Crippen LogP contribution in [-0.2, 0) is 11.4 Å². The number of hydrogen-bond donors (Lipinski definition) is 0. The van der Waals surface area contributed by atoms with Crippen molar-refractivity contribution in [3.8, 4) is 11.1 Å². The van der Waals surface area contributed by atoms with Gasteiger partial charge in [-0.05, 0) is 37.3 Å². The molecule has 0 unspecified atom stereocenters. The minimum Gasteiger partial charge on any atom is -0.268 e. The third kappa shape index (κ3) is 3.20. The van der Waals surface area contributed by atoms with Gasteiger partial charge < -0.3 is 0 Å². The van der Waals surface area contributed by atoms with E-state index < -0.39 is 21.8 Å². The van der Waals surface area contributed by atoms with Gasteiger partial charge in [-0.2, -0.15) is 5.10 Å². The summed E-state index contributed by atoms with van der Waals surface area (Å²) in [5.74, 6) is -2.15. The van der Waals surface area contributed by atoms with Crippen LogP contribution in [0, 0.1) is 24.4 Å². The number of benzene rings is 2. The third-order valence-electron chi connectivity index (χ3n) is 3.99. The summed E-state index contributed by atoms with van der Waals surface area (Å²) >= 11 is 19.2. The molecule has 8 heteroatoms. The minimum absolute atomic E-state index is 0.131. The standard InChI is InChI=1S/C18H12Cl3F3N2/c1-9-16(12-5-3-10(22)7-14(12)19)17(26(2)25-9)18(20,21)13-6-4-11(23)8-15(13)24/h3-8H,1-2H3. The van der Waals surface area contributed by atoms with Gasteiger partial charge in [0.05, 0.1) is 16.4 Å². The first kappa shape index (κ1) is 19.1. The number of nitrogens with zero attached hydrogens (tertiary/aromatic N) is 2. The van der Waals surface area contributed by atoms with Crippen LogP contribution in [0.25, 0.3) is 11.1 Å². The predicted octanol–water partition coefficient (Wildman–Crippen LogP) is 6.14. The Hall–Kier alpha value is -1.69. The Morgan fingerprint density at radius 1 is 1.00 bits per heavy atom. The summed E-state index contributed by atoms with van der Waals surface area (Å²) in [6.45, 7) is 1.70. The Morgan fingerprint density at radius 2 is 1.62 bits per heavy atom. The third-order valence-corrected chi connectivity index (χ3v) is 5.07. The van der Waals surface area contributed by atoms with Crippen molar-refractivity contribution in [1.29, 1.82) is 0 Å². The van der Waals surface area contributed by atoms with Crippen LogP contribution in [0.15, 0.2) is 36.4 Å². The van der Waals surface area contributed by atoms with Gasteiger partial charge in [0.15, 0.2) is 4.33 Å². The lowest BCUT2D eigenvalue weighted by Gasteiger charge is -2.23. The number of alkyl halides is 2. The highest BCUT2D eigenvalue weighted by Crippen LogP contribution is 2.47. The second-order valence-electron chi connectivity index (χ2n) is 5.76. The normalized spacial score (nSPS) is 11.8. The van der Waals surface area contributed by atoms with Crippen LogP contribution in [0.4, 0.5) is 13.2 Å².